The smallest absolute Gasteiger partial charge is 0.0598 e. The van der Waals surface area contributed by atoms with Gasteiger partial charge < -0.3 is 10.1 Å². The summed E-state index contributed by atoms with van der Waals surface area (Å²) in [5.74, 6) is 0. The molecular formula is C12H27NO. The van der Waals surface area contributed by atoms with Gasteiger partial charge in [-0.2, -0.15) is 0 Å². The third kappa shape index (κ3) is 6.39. The van der Waals surface area contributed by atoms with E-state index in [2.05, 4.69) is 39.9 Å². The lowest BCUT2D eigenvalue weighted by molar-refractivity contribution is -0.0173. The minimum atomic E-state index is -0.00566. The molecule has 0 aliphatic rings. The fraction of sp³-hybridized carbons (Fsp3) is 1.00. The van der Waals surface area contributed by atoms with Crippen molar-refractivity contribution in [3.05, 3.63) is 0 Å². The predicted octanol–water partition coefficient (Wildman–Crippen LogP) is 2.83. The van der Waals surface area contributed by atoms with Crippen molar-refractivity contribution in [2.24, 2.45) is 5.41 Å². The predicted molar refractivity (Wildman–Crippen MR) is 62.6 cm³/mol. The molecule has 0 aliphatic carbocycles. The zero-order chi connectivity index (χ0) is 11.2. The third-order valence-corrected chi connectivity index (χ3v) is 2.70. The molecule has 0 heterocycles. The van der Waals surface area contributed by atoms with Gasteiger partial charge in [-0.3, -0.25) is 0 Å². The Morgan fingerprint density at radius 2 is 1.71 bits per heavy atom. The molecule has 0 rings (SSSR count). The Labute approximate surface area is 89.4 Å². The molecule has 1 atom stereocenters. The van der Waals surface area contributed by atoms with Crippen molar-refractivity contribution >= 4 is 0 Å². The topological polar surface area (TPSA) is 21.3 Å². The molecule has 0 fully saturated rings. The molecule has 0 aromatic heterocycles. The first-order chi connectivity index (χ1) is 6.33. The van der Waals surface area contributed by atoms with Crippen LogP contribution in [0.15, 0.2) is 0 Å². The summed E-state index contributed by atoms with van der Waals surface area (Å²) < 4.78 is 5.75. The average molecular weight is 201 g/mol. The molecule has 0 aliphatic heterocycles. The lowest BCUT2D eigenvalue weighted by Gasteiger charge is -2.29. The van der Waals surface area contributed by atoms with Gasteiger partial charge in [0.2, 0.25) is 0 Å². The van der Waals surface area contributed by atoms with Gasteiger partial charge in [0, 0.05) is 13.2 Å². The van der Waals surface area contributed by atoms with E-state index in [0.29, 0.717) is 5.41 Å². The molecule has 0 saturated heterocycles. The summed E-state index contributed by atoms with van der Waals surface area (Å²) in [5.41, 5.74) is 0.369. The van der Waals surface area contributed by atoms with Gasteiger partial charge in [0.1, 0.15) is 0 Å². The van der Waals surface area contributed by atoms with Gasteiger partial charge in [-0.1, -0.05) is 13.8 Å². The highest BCUT2D eigenvalue weighted by atomic mass is 16.5. The van der Waals surface area contributed by atoms with Crippen molar-refractivity contribution in [2.45, 2.75) is 53.1 Å². The summed E-state index contributed by atoms with van der Waals surface area (Å²) in [5, 5.41) is 3.25. The van der Waals surface area contributed by atoms with Crippen LogP contribution in [0.25, 0.3) is 0 Å². The lowest BCUT2D eigenvalue weighted by atomic mass is 9.84. The Morgan fingerprint density at radius 3 is 2.07 bits per heavy atom. The quantitative estimate of drug-likeness (QED) is 0.713. The number of rotatable bonds is 6. The zero-order valence-electron chi connectivity index (χ0n) is 10.7. The Kier molecular flexibility index (Phi) is 5.68. The van der Waals surface area contributed by atoms with Gasteiger partial charge >= 0.3 is 0 Å². The summed E-state index contributed by atoms with van der Waals surface area (Å²) in [6.45, 7) is 12.8. The Balaban J connectivity index is 3.84. The molecule has 0 radical (unpaired) electrons. The SMILES string of the molecule is CCC(C)(CCOC(C)(C)C)CNC. The molecule has 0 spiro atoms. The van der Waals surface area contributed by atoms with Crippen molar-refractivity contribution < 1.29 is 4.74 Å². The van der Waals surface area contributed by atoms with E-state index >= 15 is 0 Å². The van der Waals surface area contributed by atoms with Crippen molar-refractivity contribution in [2.75, 3.05) is 20.2 Å². The monoisotopic (exact) mass is 201 g/mol. The van der Waals surface area contributed by atoms with Crippen molar-refractivity contribution in [3.8, 4) is 0 Å². The highest BCUT2D eigenvalue weighted by Gasteiger charge is 2.22. The molecular weight excluding hydrogens is 174 g/mol. The van der Waals surface area contributed by atoms with E-state index in [0.717, 1.165) is 19.6 Å². The first kappa shape index (κ1) is 13.9. The summed E-state index contributed by atoms with van der Waals surface area (Å²) in [4.78, 5) is 0. The van der Waals surface area contributed by atoms with E-state index in [-0.39, 0.29) is 5.60 Å². The van der Waals surface area contributed by atoms with E-state index in [4.69, 9.17) is 4.74 Å². The molecule has 2 heteroatoms. The molecule has 0 saturated carbocycles. The molecule has 0 amide bonds. The second-order valence-electron chi connectivity index (χ2n) is 5.41. The fourth-order valence-corrected chi connectivity index (χ4v) is 1.42. The van der Waals surface area contributed by atoms with Crippen LogP contribution in [0.2, 0.25) is 0 Å². The van der Waals surface area contributed by atoms with E-state index in [9.17, 15) is 0 Å². The minimum absolute atomic E-state index is 0.00566. The van der Waals surface area contributed by atoms with Gasteiger partial charge in [0.15, 0.2) is 0 Å². The van der Waals surface area contributed by atoms with Crippen LogP contribution in [0.5, 0.6) is 0 Å². The minimum Gasteiger partial charge on any atom is -0.376 e. The first-order valence-electron chi connectivity index (χ1n) is 5.61. The molecule has 86 valence electrons. The molecule has 0 bridgehead atoms. The van der Waals surface area contributed by atoms with Crippen molar-refractivity contribution in [3.63, 3.8) is 0 Å². The fourth-order valence-electron chi connectivity index (χ4n) is 1.42. The Morgan fingerprint density at radius 1 is 1.14 bits per heavy atom. The number of hydrogen-bond acceptors (Lipinski definition) is 2. The van der Waals surface area contributed by atoms with Crippen LogP contribution in [0.3, 0.4) is 0 Å². The average Bonchev–Trinajstić information content (AvgIpc) is 2.02. The van der Waals surface area contributed by atoms with Crippen LogP contribution < -0.4 is 5.32 Å². The maximum atomic E-state index is 5.75. The second kappa shape index (κ2) is 5.72. The van der Waals surface area contributed by atoms with Crippen molar-refractivity contribution in [1.82, 2.24) is 5.32 Å². The Bertz CT molecular complexity index is 151. The van der Waals surface area contributed by atoms with Crippen LogP contribution in [-0.2, 0) is 4.74 Å². The molecule has 1 unspecified atom stereocenters. The summed E-state index contributed by atoms with van der Waals surface area (Å²) in [7, 11) is 2.01. The van der Waals surface area contributed by atoms with E-state index in [1.54, 1.807) is 0 Å². The summed E-state index contributed by atoms with van der Waals surface area (Å²) >= 11 is 0. The summed E-state index contributed by atoms with van der Waals surface area (Å²) in [6, 6.07) is 0. The number of hydrogen-bond donors (Lipinski definition) is 1. The van der Waals surface area contributed by atoms with Crippen LogP contribution in [0.4, 0.5) is 0 Å². The first-order valence-corrected chi connectivity index (χ1v) is 5.61. The van der Waals surface area contributed by atoms with Gasteiger partial charge in [-0.15, -0.1) is 0 Å². The third-order valence-electron chi connectivity index (χ3n) is 2.70. The summed E-state index contributed by atoms with van der Waals surface area (Å²) in [6.07, 6.45) is 2.32. The van der Waals surface area contributed by atoms with Gasteiger partial charge in [-0.25, -0.2) is 0 Å². The Hall–Kier alpha value is -0.0800. The largest absolute Gasteiger partial charge is 0.376 e. The number of nitrogens with one attached hydrogen (secondary N) is 1. The highest BCUT2D eigenvalue weighted by molar-refractivity contribution is 4.75. The van der Waals surface area contributed by atoms with Crippen LogP contribution in [0.1, 0.15) is 47.5 Å². The van der Waals surface area contributed by atoms with E-state index in [1.807, 2.05) is 7.05 Å². The normalized spacial score (nSPS) is 16.7. The maximum absolute atomic E-state index is 5.75. The zero-order valence-corrected chi connectivity index (χ0v) is 10.7. The molecule has 2 nitrogen and oxygen atoms in total. The number of ether oxygens (including phenoxy) is 1. The lowest BCUT2D eigenvalue weighted by Crippen LogP contribution is -2.31. The van der Waals surface area contributed by atoms with Gasteiger partial charge in [0.05, 0.1) is 5.60 Å². The molecule has 1 N–H and O–H groups in total. The van der Waals surface area contributed by atoms with Crippen LogP contribution in [0, 0.1) is 5.41 Å². The van der Waals surface area contributed by atoms with Crippen LogP contribution >= 0.6 is 0 Å². The van der Waals surface area contributed by atoms with E-state index < -0.39 is 0 Å². The van der Waals surface area contributed by atoms with Gasteiger partial charge in [0.25, 0.3) is 0 Å². The van der Waals surface area contributed by atoms with Gasteiger partial charge in [-0.05, 0) is 46.1 Å². The highest BCUT2D eigenvalue weighted by Crippen LogP contribution is 2.25. The molecule has 14 heavy (non-hydrogen) atoms. The molecule has 0 aromatic carbocycles. The molecule has 0 aromatic rings. The second-order valence-corrected chi connectivity index (χ2v) is 5.41. The standard InChI is InChI=1S/C12H27NO/c1-7-12(5,10-13-6)8-9-14-11(2,3)4/h13H,7-10H2,1-6H3. The van der Waals surface area contributed by atoms with Crippen LogP contribution in [-0.4, -0.2) is 25.8 Å². The van der Waals surface area contributed by atoms with E-state index in [1.165, 1.54) is 6.42 Å². The van der Waals surface area contributed by atoms with Crippen molar-refractivity contribution in [1.29, 1.82) is 0 Å². The maximum Gasteiger partial charge on any atom is 0.0598 e.